The van der Waals surface area contributed by atoms with Crippen LogP contribution in [0, 0.1) is 0 Å². The smallest absolute Gasteiger partial charge is 0.244 e. The SMILES string of the molecule is COc1ccc(C(=O)CSc2nnc(CNC(=O)C=Cc3ccccc3Cl)n2C)cc1. The third-order valence-electron chi connectivity index (χ3n) is 4.41. The number of Topliss-reactive ketones (excluding diaryl/α,β-unsaturated/α-hetero) is 1. The molecule has 0 bridgehead atoms. The Labute approximate surface area is 189 Å². The second-order valence-electron chi connectivity index (χ2n) is 6.47. The number of halogens is 1. The lowest BCUT2D eigenvalue weighted by Gasteiger charge is -2.05. The number of amides is 1. The maximum Gasteiger partial charge on any atom is 0.244 e. The van der Waals surface area contributed by atoms with Crippen LogP contribution in [-0.4, -0.2) is 39.3 Å². The number of aromatic nitrogens is 3. The molecule has 0 aliphatic rings. The van der Waals surface area contributed by atoms with Crippen LogP contribution in [0.15, 0.2) is 59.8 Å². The molecule has 2 aromatic carbocycles. The molecule has 0 aliphatic carbocycles. The van der Waals surface area contributed by atoms with Gasteiger partial charge in [0.05, 0.1) is 19.4 Å². The van der Waals surface area contributed by atoms with Gasteiger partial charge in [0.2, 0.25) is 5.91 Å². The molecule has 0 spiro atoms. The highest BCUT2D eigenvalue weighted by Gasteiger charge is 2.13. The summed E-state index contributed by atoms with van der Waals surface area (Å²) >= 11 is 7.36. The minimum atomic E-state index is -0.271. The molecule has 0 saturated carbocycles. The van der Waals surface area contributed by atoms with E-state index in [2.05, 4.69) is 15.5 Å². The Kier molecular flexibility index (Phi) is 7.86. The van der Waals surface area contributed by atoms with E-state index in [9.17, 15) is 9.59 Å². The van der Waals surface area contributed by atoms with Crippen molar-refractivity contribution in [2.45, 2.75) is 11.7 Å². The average Bonchev–Trinajstić information content (AvgIpc) is 3.14. The van der Waals surface area contributed by atoms with E-state index < -0.39 is 0 Å². The van der Waals surface area contributed by atoms with Gasteiger partial charge in [-0.05, 0) is 42.0 Å². The van der Waals surface area contributed by atoms with Crippen LogP contribution in [0.25, 0.3) is 6.08 Å². The van der Waals surface area contributed by atoms with E-state index in [1.54, 1.807) is 55.1 Å². The van der Waals surface area contributed by atoms with E-state index in [-0.39, 0.29) is 24.0 Å². The number of carbonyl (C=O) groups is 2. The Morgan fingerprint density at radius 1 is 1.16 bits per heavy atom. The zero-order valence-corrected chi connectivity index (χ0v) is 18.6. The fourth-order valence-corrected chi connectivity index (χ4v) is 3.64. The second kappa shape index (κ2) is 10.8. The van der Waals surface area contributed by atoms with Gasteiger partial charge in [0.1, 0.15) is 5.75 Å². The third-order valence-corrected chi connectivity index (χ3v) is 5.77. The Hall–Kier alpha value is -3.10. The highest BCUT2D eigenvalue weighted by Crippen LogP contribution is 2.19. The first-order chi connectivity index (χ1) is 15.0. The minimum Gasteiger partial charge on any atom is -0.497 e. The number of ether oxygens (including phenoxy) is 1. The largest absolute Gasteiger partial charge is 0.497 e. The molecular formula is C22H21ClN4O3S. The van der Waals surface area contributed by atoms with Crippen LogP contribution in [-0.2, 0) is 18.4 Å². The molecule has 0 fully saturated rings. The van der Waals surface area contributed by atoms with Gasteiger partial charge >= 0.3 is 0 Å². The van der Waals surface area contributed by atoms with E-state index in [0.29, 0.717) is 27.3 Å². The molecule has 1 heterocycles. The van der Waals surface area contributed by atoms with Crippen molar-refractivity contribution in [1.82, 2.24) is 20.1 Å². The zero-order chi connectivity index (χ0) is 22.2. The number of nitrogens with zero attached hydrogens (tertiary/aromatic N) is 3. The molecule has 1 N–H and O–H groups in total. The maximum atomic E-state index is 12.4. The molecule has 7 nitrogen and oxygen atoms in total. The van der Waals surface area contributed by atoms with Gasteiger partial charge in [-0.25, -0.2) is 0 Å². The lowest BCUT2D eigenvalue weighted by Crippen LogP contribution is -2.22. The van der Waals surface area contributed by atoms with Gasteiger partial charge in [-0.15, -0.1) is 10.2 Å². The number of hydrogen-bond donors (Lipinski definition) is 1. The number of carbonyl (C=O) groups excluding carboxylic acids is 2. The van der Waals surface area contributed by atoms with Crippen LogP contribution in [0.3, 0.4) is 0 Å². The first-order valence-electron chi connectivity index (χ1n) is 9.36. The van der Waals surface area contributed by atoms with E-state index in [4.69, 9.17) is 16.3 Å². The molecule has 31 heavy (non-hydrogen) atoms. The highest BCUT2D eigenvalue weighted by atomic mass is 35.5. The molecule has 0 unspecified atom stereocenters. The van der Waals surface area contributed by atoms with Crippen molar-refractivity contribution in [3.05, 3.63) is 76.6 Å². The van der Waals surface area contributed by atoms with Gasteiger partial charge in [-0.2, -0.15) is 0 Å². The summed E-state index contributed by atoms with van der Waals surface area (Å²) in [4.78, 5) is 24.4. The molecule has 160 valence electrons. The molecule has 9 heteroatoms. The Balaban J connectivity index is 1.52. The quantitative estimate of drug-likeness (QED) is 0.299. The molecule has 1 aromatic heterocycles. The molecular weight excluding hydrogens is 436 g/mol. The van der Waals surface area contributed by atoms with Gasteiger partial charge in [0, 0.05) is 23.7 Å². The predicted molar refractivity (Wildman–Crippen MR) is 121 cm³/mol. The Morgan fingerprint density at radius 2 is 1.90 bits per heavy atom. The topological polar surface area (TPSA) is 86.1 Å². The summed E-state index contributed by atoms with van der Waals surface area (Å²) in [6, 6.07) is 14.2. The highest BCUT2D eigenvalue weighted by molar-refractivity contribution is 7.99. The van der Waals surface area contributed by atoms with Crippen molar-refractivity contribution in [2.24, 2.45) is 7.05 Å². The molecule has 0 radical (unpaired) electrons. The van der Waals surface area contributed by atoms with Gasteiger partial charge in [-0.3, -0.25) is 9.59 Å². The van der Waals surface area contributed by atoms with E-state index in [0.717, 1.165) is 5.56 Å². The number of thioether (sulfide) groups is 1. The number of methoxy groups -OCH3 is 1. The number of ketones is 1. The van der Waals surface area contributed by atoms with Crippen molar-refractivity contribution in [3.8, 4) is 5.75 Å². The molecule has 3 rings (SSSR count). The van der Waals surface area contributed by atoms with Crippen LogP contribution in [0.2, 0.25) is 5.02 Å². The molecule has 0 saturated heterocycles. The summed E-state index contributed by atoms with van der Waals surface area (Å²) in [6.45, 7) is 0.210. The monoisotopic (exact) mass is 456 g/mol. The standard InChI is InChI=1S/C22H21ClN4O3S/c1-27-20(13-24-21(29)12-9-15-5-3-4-6-18(15)23)25-26-22(27)31-14-19(28)16-7-10-17(30-2)11-8-16/h3-12H,13-14H2,1-2H3,(H,24,29). The fraction of sp³-hybridized carbons (Fsp3) is 0.182. The number of rotatable bonds is 9. The van der Waals surface area contributed by atoms with Crippen molar-refractivity contribution in [3.63, 3.8) is 0 Å². The Bertz CT molecular complexity index is 1100. The van der Waals surface area contributed by atoms with Crippen LogP contribution in [0.1, 0.15) is 21.7 Å². The normalized spacial score (nSPS) is 10.9. The fourth-order valence-electron chi connectivity index (χ4n) is 2.62. The van der Waals surface area contributed by atoms with Gasteiger partial charge < -0.3 is 14.6 Å². The lowest BCUT2D eigenvalue weighted by molar-refractivity contribution is -0.116. The molecule has 1 amide bonds. The average molecular weight is 457 g/mol. The summed E-state index contributed by atoms with van der Waals surface area (Å²) < 4.78 is 6.86. The van der Waals surface area contributed by atoms with Crippen molar-refractivity contribution < 1.29 is 14.3 Å². The molecule has 0 atom stereocenters. The van der Waals surface area contributed by atoms with Crippen molar-refractivity contribution in [1.29, 1.82) is 0 Å². The van der Waals surface area contributed by atoms with E-state index in [1.807, 2.05) is 18.2 Å². The van der Waals surface area contributed by atoms with Crippen LogP contribution >= 0.6 is 23.4 Å². The zero-order valence-electron chi connectivity index (χ0n) is 17.0. The summed E-state index contributed by atoms with van der Waals surface area (Å²) in [5.41, 5.74) is 1.37. The van der Waals surface area contributed by atoms with Gasteiger partial charge in [0.25, 0.3) is 0 Å². The first-order valence-corrected chi connectivity index (χ1v) is 10.7. The second-order valence-corrected chi connectivity index (χ2v) is 7.82. The minimum absolute atomic E-state index is 0.0183. The summed E-state index contributed by atoms with van der Waals surface area (Å²) in [5, 5.41) is 12.1. The first kappa shape index (κ1) is 22.6. The third kappa shape index (κ3) is 6.19. The van der Waals surface area contributed by atoms with Gasteiger partial charge in [-0.1, -0.05) is 41.6 Å². The number of benzene rings is 2. The lowest BCUT2D eigenvalue weighted by atomic mass is 10.1. The van der Waals surface area contributed by atoms with Crippen molar-refractivity contribution in [2.75, 3.05) is 12.9 Å². The van der Waals surface area contributed by atoms with E-state index in [1.165, 1.54) is 17.8 Å². The summed E-state index contributed by atoms with van der Waals surface area (Å²) in [7, 11) is 3.37. The number of nitrogens with one attached hydrogen (secondary N) is 1. The number of hydrogen-bond acceptors (Lipinski definition) is 6. The van der Waals surface area contributed by atoms with Crippen LogP contribution < -0.4 is 10.1 Å². The summed E-state index contributed by atoms with van der Waals surface area (Å²) in [5.74, 6) is 1.22. The summed E-state index contributed by atoms with van der Waals surface area (Å²) in [6.07, 6.45) is 3.07. The van der Waals surface area contributed by atoms with Crippen LogP contribution in [0.5, 0.6) is 5.75 Å². The molecule has 0 aliphatic heterocycles. The Morgan fingerprint density at radius 3 is 2.61 bits per heavy atom. The van der Waals surface area contributed by atoms with Crippen molar-refractivity contribution >= 4 is 41.1 Å². The predicted octanol–water partition coefficient (Wildman–Crippen LogP) is 3.78. The van der Waals surface area contributed by atoms with E-state index >= 15 is 0 Å². The molecule has 3 aromatic rings. The maximum absolute atomic E-state index is 12.4. The van der Waals surface area contributed by atoms with Crippen LogP contribution in [0.4, 0.5) is 0 Å². The van der Waals surface area contributed by atoms with Gasteiger partial charge in [0.15, 0.2) is 16.8 Å².